The number of esters is 1. The second kappa shape index (κ2) is 10.2. The van der Waals surface area contributed by atoms with Gasteiger partial charge in [-0.2, -0.15) is 0 Å². The van der Waals surface area contributed by atoms with Gasteiger partial charge in [0.05, 0.1) is 0 Å². The highest BCUT2D eigenvalue weighted by atomic mass is 127. The van der Waals surface area contributed by atoms with Gasteiger partial charge < -0.3 is 25.0 Å². The van der Waals surface area contributed by atoms with Crippen LogP contribution in [0, 0.1) is 0 Å². The fourth-order valence-electron chi connectivity index (χ4n) is 3.83. The zero-order valence-corrected chi connectivity index (χ0v) is 21.0. The van der Waals surface area contributed by atoms with Gasteiger partial charge in [-0.15, -0.1) is 24.0 Å². The van der Waals surface area contributed by atoms with E-state index in [0.29, 0.717) is 5.96 Å². The van der Waals surface area contributed by atoms with E-state index in [1.165, 1.54) is 0 Å². The van der Waals surface area contributed by atoms with Crippen molar-refractivity contribution in [2.24, 2.45) is 4.99 Å². The van der Waals surface area contributed by atoms with Gasteiger partial charge in [0.1, 0.15) is 17.7 Å². The molecule has 2 bridgehead atoms. The predicted octanol–water partition coefficient (Wildman–Crippen LogP) is 3.04. The summed E-state index contributed by atoms with van der Waals surface area (Å²) in [5, 5.41) is 6.40. The van der Waals surface area contributed by atoms with Gasteiger partial charge in [0.15, 0.2) is 5.96 Å². The molecule has 2 unspecified atom stereocenters. The van der Waals surface area contributed by atoms with Gasteiger partial charge in [0.25, 0.3) is 0 Å². The normalized spacial score (nSPS) is 24.4. The van der Waals surface area contributed by atoms with Crippen LogP contribution in [0.5, 0.6) is 0 Å². The number of nitrogens with zero attached hydrogens (tertiary/aromatic N) is 2. The smallest absolute Gasteiger partial charge is 0.410 e. The number of carbonyl (C=O) groups is 2. The number of nitrogens with one attached hydrogen (secondary N) is 2. The van der Waals surface area contributed by atoms with E-state index in [4.69, 9.17) is 9.47 Å². The quantitative estimate of drug-likeness (QED) is 0.255. The molecule has 2 rings (SSSR count). The first-order chi connectivity index (χ1) is 12.9. The van der Waals surface area contributed by atoms with Crippen molar-refractivity contribution in [1.29, 1.82) is 0 Å². The minimum absolute atomic E-state index is 0. The number of fused-ring (bicyclic) bond motifs is 2. The number of aliphatic imine (C=N–C) groups is 1. The average Bonchev–Trinajstić information content (AvgIpc) is 2.79. The number of halogens is 1. The third kappa shape index (κ3) is 8.18. The Bertz CT molecular complexity index is 599. The zero-order chi connectivity index (χ0) is 21.1. The topological polar surface area (TPSA) is 92.3 Å². The summed E-state index contributed by atoms with van der Waals surface area (Å²) in [5.74, 6) is 0.247. The van der Waals surface area contributed by atoms with Crippen molar-refractivity contribution in [2.45, 2.75) is 96.6 Å². The fraction of sp³-hybridized carbons (Fsp3) is 0.850. The van der Waals surface area contributed by atoms with Gasteiger partial charge in [-0.05, 0) is 67.2 Å². The molecule has 168 valence electrons. The van der Waals surface area contributed by atoms with Crippen molar-refractivity contribution >= 4 is 42.0 Å². The lowest BCUT2D eigenvalue weighted by Gasteiger charge is -2.40. The monoisotopic (exact) mass is 524 g/mol. The van der Waals surface area contributed by atoms with Crippen molar-refractivity contribution in [3.8, 4) is 0 Å². The lowest BCUT2D eigenvalue weighted by atomic mass is 9.98. The average molecular weight is 524 g/mol. The van der Waals surface area contributed by atoms with Crippen LogP contribution in [0.15, 0.2) is 4.99 Å². The Kier molecular flexibility index (Phi) is 9.04. The van der Waals surface area contributed by atoms with Crippen LogP contribution in [-0.2, 0) is 14.3 Å². The van der Waals surface area contributed by atoms with E-state index in [-0.39, 0.29) is 60.7 Å². The molecule has 1 amide bonds. The summed E-state index contributed by atoms with van der Waals surface area (Å²) in [6, 6.07) is 0.547. The number of carbonyl (C=O) groups excluding carboxylic acids is 2. The highest BCUT2D eigenvalue weighted by molar-refractivity contribution is 14.0. The molecule has 8 nitrogen and oxygen atoms in total. The molecule has 2 atom stereocenters. The molecule has 2 saturated heterocycles. The summed E-state index contributed by atoms with van der Waals surface area (Å²) >= 11 is 0. The maximum atomic E-state index is 12.5. The lowest BCUT2D eigenvalue weighted by molar-refractivity contribution is -0.153. The Labute approximate surface area is 191 Å². The second-order valence-corrected chi connectivity index (χ2v) is 9.60. The van der Waals surface area contributed by atoms with Gasteiger partial charge >= 0.3 is 12.1 Å². The maximum Gasteiger partial charge on any atom is 0.410 e. The van der Waals surface area contributed by atoms with Crippen LogP contribution >= 0.6 is 24.0 Å². The number of rotatable bonds is 3. The third-order valence-electron chi connectivity index (χ3n) is 4.72. The van der Waals surface area contributed by atoms with Gasteiger partial charge in [-0.3, -0.25) is 9.79 Å². The number of ether oxygens (including phenoxy) is 2. The summed E-state index contributed by atoms with van der Waals surface area (Å²) in [6.45, 7) is 11.2. The van der Waals surface area contributed by atoms with Crippen LogP contribution in [0.2, 0.25) is 0 Å². The van der Waals surface area contributed by atoms with Crippen LogP contribution in [0.3, 0.4) is 0 Å². The van der Waals surface area contributed by atoms with Gasteiger partial charge in [0.2, 0.25) is 0 Å². The van der Waals surface area contributed by atoms with Crippen LogP contribution in [0.25, 0.3) is 0 Å². The Morgan fingerprint density at radius 1 is 1.00 bits per heavy atom. The number of amides is 1. The molecule has 0 spiro atoms. The molecule has 0 saturated carbocycles. The molecule has 2 aliphatic heterocycles. The zero-order valence-electron chi connectivity index (χ0n) is 18.7. The largest absolute Gasteiger partial charge is 0.459 e. The van der Waals surface area contributed by atoms with E-state index in [2.05, 4.69) is 15.6 Å². The van der Waals surface area contributed by atoms with E-state index in [9.17, 15) is 9.59 Å². The molecule has 29 heavy (non-hydrogen) atoms. The Balaban J connectivity index is 0.00000420. The first kappa shape index (κ1) is 25.8. The number of piperidine rings is 1. The molecule has 0 aromatic heterocycles. The van der Waals surface area contributed by atoms with Gasteiger partial charge in [-0.1, -0.05) is 0 Å². The first-order valence-electron chi connectivity index (χ1n) is 10.1. The predicted molar refractivity (Wildman–Crippen MR) is 124 cm³/mol. The number of hydrogen-bond acceptors (Lipinski definition) is 5. The van der Waals surface area contributed by atoms with Crippen molar-refractivity contribution in [1.82, 2.24) is 15.5 Å². The van der Waals surface area contributed by atoms with E-state index in [1.807, 2.05) is 46.4 Å². The van der Waals surface area contributed by atoms with E-state index in [1.54, 1.807) is 7.05 Å². The summed E-state index contributed by atoms with van der Waals surface area (Å²) in [4.78, 5) is 30.6. The molecular weight excluding hydrogens is 487 g/mol. The first-order valence-corrected chi connectivity index (χ1v) is 10.1. The Morgan fingerprint density at radius 3 is 1.97 bits per heavy atom. The van der Waals surface area contributed by atoms with E-state index < -0.39 is 11.2 Å². The highest BCUT2D eigenvalue weighted by Crippen LogP contribution is 2.36. The maximum absolute atomic E-state index is 12.5. The molecule has 9 heteroatoms. The fourth-order valence-corrected chi connectivity index (χ4v) is 3.83. The summed E-state index contributed by atoms with van der Waals surface area (Å²) in [7, 11) is 1.68. The molecular formula is C20H37IN4O4. The minimum Gasteiger partial charge on any atom is -0.459 e. The molecule has 0 aliphatic carbocycles. The summed E-state index contributed by atoms with van der Waals surface area (Å²) < 4.78 is 10.9. The van der Waals surface area contributed by atoms with Crippen molar-refractivity contribution in [2.75, 3.05) is 13.6 Å². The molecule has 2 heterocycles. The highest BCUT2D eigenvalue weighted by Gasteiger charge is 2.45. The van der Waals surface area contributed by atoms with Crippen molar-refractivity contribution in [3.63, 3.8) is 0 Å². The van der Waals surface area contributed by atoms with Crippen LogP contribution in [-0.4, -0.2) is 65.8 Å². The lowest BCUT2D eigenvalue weighted by Crippen LogP contribution is -2.55. The summed E-state index contributed by atoms with van der Waals surface area (Å²) in [5.41, 5.74) is -0.997. The van der Waals surface area contributed by atoms with Crippen LogP contribution in [0.4, 0.5) is 4.79 Å². The molecule has 2 N–H and O–H groups in total. The molecule has 0 radical (unpaired) electrons. The van der Waals surface area contributed by atoms with Crippen molar-refractivity contribution < 1.29 is 19.1 Å². The molecule has 2 aliphatic rings. The van der Waals surface area contributed by atoms with Crippen molar-refractivity contribution in [3.05, 3.63) is 0 Å². The molecule has 0 aromatic rings. The van der Waals surface area contributed by atoms with Gasteiger partial charge in [0, 0.05) is 25.2 Å². The van der Waals surface area contributed by atoms with Crippen LogP contribution in [0.1, 0.15) is 67.2 Å². The van der Waals surface area contributed by atoms with E-state index in [0.717, 1.165) is 25.7 Å². The molecule has 2 fully saturated rings. The Hall–Kier alpha value is -1.26. The van der Waals surface area contributed by atoms with Gasteiger partial charge in [-0.25, -0.2) is 4.79 Å². The third-order valence-corrected chi connectivity index (χ3v) is 4.72. The summed E-state index contributed by atoms with van der Waals surface area (Å²) in [6.07, 6.45) is 3.44. The SMILES string of the molecule is CN=C(NCC(=O)OC(C)(C)C)NC1CC2CCC(C1)N2C(=O)OC(C)(C)C.I. The second-order valence-electron chi connectivity index (χ2n) is 9.60. The Morgan fingerprint density at radius 2 is 1.52 bits per heavy atom. The number of guanidine groups is 1. The minimum atomic E-state index is -0.511. The van der Waals surface area contributed by atoms with E-state index >= 15 is 0 Å². The van der Waals surface area contributed by atoms with Crippen LogP contribution < -0.4 is 10.6 Å². The number of hydrogen-bond donors (Lipinski definition) is 2. The molecule has 0 aromatic carbocycles. The standard InChI is InChI=1S/C20H36N4O4.HI/c1-19(2,3)27-16(25)12-22-17(21-7)23-13-10-14-8-9-15(11-13)24(14)18(26)28-20(4,5)6;/h13-15H,8-12H2,1-7H3,(H2,21,22,23);1H.